The van der Waals surface area contributed by atoms with Gasteiger partial charge in [0.05, 0.1) is 11.9 Å². The molecule has 2 rings (SSSR count). The maximum atomic E-state index is 10.4. The summed E-state index contributed by atoms with van der Waals surface area (Å²) >= 11 is 0. The van der Waals surface area contributed by atoms with Gasteiger partial charge in [0, 0.05) is 24.7 Å². The van der Waals surface area contributed by atoms with Crippen LogP contribution in [0.1, 0.15) is 12.0 Å². The van der Waals surface area contributed by atoms with Crippen molar-refractivity contribution in [3.05, 3.63) is 42.1 Å². The number of para-hydroxylation sites is 1. The van der Waals surface area contributed by atoms with Crippen LogP contribution >= 0.6 is 0 Å². The van der Waals surface area contributed by atoms with Crippen LogP contribution in [-0.4, -0.2) is 22.6 Å². The average Bonchev–Trinajstić information content (AvgIpc) is 2.34. The van der Waals surface area contributed by atoms with Gasteiger partial charge in [-0.15, -0.1) is 0 Å². The van der Waals surface area contributed by atoms with Crippen LogP contribution < -0.4 is 5.32 Å². The molecule has 0 spiro atoms. The Bertz CT molecular complexity index is 520. The molecule has 4 heteroatoms. The van der Waals surface area contributed by atoms with Crippen LogP contribution in [0.2, 0.25) is 0 Å². The number of aliphatic carboxylic acids is 1. The van der Waals surface area contributed by atoms with Crippen molar-refractivity contribution in [2.45, 2.75) is 13.0 Å². The Labute approximate surface area is 99.3 Å². The second-order valence-corrected chi connectivity index (χ2v) is 3.81. The Morgan fingerprint density at radius 2 is 2.12 bits per heavy atom. The Kier molecular flexibility index (Phi) is 3.67. The van der Waals surface area contributed by atoms with E-state index >= 15 is 0 Å². The Hall–Kier alpha value is -1.94. The van der Waals surface area contributed by atoms with E-state index in [9.17, 15) is 4.79 Å². The van der Waals surface area contributed by atoms with Crippen molar-refractivity contribution in [1.82, 2.24) is 10.3 Å². The maximum Gasteiger partial charge on any atom is 0.304 e. The minimum absolute atomic E-state index is 0.137. The van der Waals surface area contributed by atoms with Gasteiger partial charge in [0.2, 0.25) is 0 Å². The monoisotopic (exact) mass is 230 g/mol. The standard InChI is InChI=1S/C13H14N2O2/c16-12(17)6-8-14-9-11-4-1-3-10-5-2-7-15-13(10)11/h1-5,7,14H,6,8-9H2,(H,16,17). The lowest BCUT2D eigenvalue weighted by Gasteiger charge is -2.06. The number of carboxylic acid groups (broad SMARTS) is 1. The number of pyridine rings is 1. The first kappa shape index (κ1) is 11.5. The van der Waals surface area contributed by atoms with Gasteiger partial charge in [-0.25, -0.2) is 0 Å². The van der Waals surface area contributed by atoms with Crippen LogP contribution in [0.4, 0.5) is 0 Å². The van der Waals surface area contributed by atoms with E-state index in [0.29, 0.717) is 13.1 Å². The molecule has 2 aromatic rings. The summed E-state index contributed by atoms with van der Waals surface area (Å²) in [5.74, 6) is -0.784. The molecule has 88 valence electrons. The molecule has 17 heavy (non-hydrogen) atoms. The summed E-state index contributed by atoms with van der Waals surface area (Å²) in [6.45, 7) is 1.11. The van der Waals surface area contributed by atoms with E-state index in [-0.39, 0.29) is 6.42 Å². The zero-order chi connectivity index (χ0) is 12.1. The number of rotatable bonds is 5. The first-order chi connectivity index (χ1) is 8.27. The molecule has 0 atom stereocenters. The van der Waals surface area contributed by atoms with Crippen molar-refractivity contribution in [1.29, 1.82) is 0 Å². The fraction of sp³-hybridized carbons (Fsp3) is 0.231. The molecular weight excluding hydrogens is 216 g/mol. The highest BCUT2D eigenvalue weighted by atomic mass is 16.4. The quantitative estimate of drug-likeness (QED) is 0.769. The molecule has 2 N–H and O–H groups in total. The van der Waals surface area contributed by atoms with Crippen molar-refractivity contribution in [2.24, 2.45) is 0 Å². The van der Waals surface area contributed by atoms with Crippen molar-refractivity contribution in [3.8, 4) is 0 Å². The Morgan fingerprint density at radius 1 is 1.29 bits per heavy atom. The number of hydrogen-bond donors (Lipinski definition) is 2. The normalized spacial score (nSPS) is 10.6. The van der Waals surface area contributed by atoms with Gasteiger partial charge in [-0.3, -0.25) is 9.78 Å². The van der Waals surface area contributed by atoms with E-state index in [0.717, 1.165) is 16.5 Å². The maximum absolute atomic E-state index is 10.4. The first-order valence-corrected chi connectivity index (χ1v) is 5.52. The molecule has 0 saturated carbocycles. The second-order valence-electron chi connectivity index (χ2n) is 3.81. The highest BCUT2D eigenvalue weighted by Crippen LogP contribution is 2.15. The fourth-order valence-corrected chi connectivity index (χ4v) is 1.73. The Morgan fingerprint density at radius 3 is 2.94 bits per heavy atom. The van der Waals surface area contributed by atoms with Gasteiger partial charge >= 0.3 is 5.97 Å². The highest BCUT2D eigenvalue weighted by Gasteiger charge is 2.01. The molecule has 1 aromatic heterocycles. The number of carbonyl (C=O) groups is 1. The zero-order valence-corrected chi connectivity index (χ0v) is 9.39. The number of nitrogens with one attached hydrogen (secondary N) is 1. The van der Waals surface area contributed by atoms with Gasteiger partial charge in [0.1, 0.15) is 0 Å². The summed E-state index contributed by atoms with van der Waals surface area (Å²) in [6, 6.07) is 9.93. The van der Waals surface area contributed by atoms with Gasteiger partial charge in [-0.05, 0) is 11.6 Å². The number of nitrogens with zero attached hydrogens (tertiary/aromatic N) is 1. The summed E-state index contributed by atoms with van der Waals surface area (Å²) in [7, 11) is 0. The van der Waals surface area contributed by atoms with Crippen LogP contribution in [0.3, 0.4) is 0 Å². The topological polar surface area (TPSA) is 62.2 Å². The van der Waals surface area contributed by atoms with Crippen LogP contribution in [0, 0.1) is 0 Å². The predicted molar refractivity (Wildman–Crippen MR) is 65.7 cm³/mol. The van der Waals surface area contributed by atoms with Crippen molar-refractivity contribution >= 4 is 16.9 Å². The van der Waals surface area contributed by atoms with Crippen LogP contribution in [-0.2, 0) is 11.3 Å². The summed E-state index contributed by atoms with van der Waals surface area (Å²) in [4.78, 5) is 14.7. The van der Waals surface area contributed by atoms with Gasteiger partial charge in [0.15, 0.2) is 0 Å². The van der Waals surface area contributed by atoms with E-state index in [1.165, 1.54) is 0 Å². The lowest BCUT2D eigenvalue weighted by molar-refractivity contribution is -0.136. The molecule has 1 aromatic carbocycles. The summed E-state index contributed by atoms with van der Waals surface area (Å²) in [6.07, 6.45) is 1.90. The van der Waals surface area contributed by atoms with Crippen molar-refractivity contribution in [2.75, 3.05) is 6.54 Å². The molecule has 1 heterocycles. The Balaban J connectivity index is 2.05. The molecule has 0 unspecified atom stereocenters. The van der Waals surface area contributed by atoms with Crippen LogP contribution in [0.15, 0.2) is 36.5 Å². The zero-order valence-electron chi connectivity index (χ0n) is 9.39. The summed E-state index contributed by atoms with van der Waals surface area (Å²) in [5.41, 5.74) is 2.06. The molecular formula is C13H14N2O2. The minimum Gasteiger partial charge on any atom is -0.481 e. The smallest absolute Gasteiger partial charge is 0.304 e. The fourth-order valence-electron chi connectivity index (χ4n) is 1.73. The van der Waals surface area contributed by atoms with Crippen LogP contribution in [0.5, 0.6) is 0 Å². The molecule has 0 amide bonds. The molecule has 0 aliphatic heterocycles. The minimum atomic E-state index is -0.784. The first-order valence-electron chi connectivity index (χ1n) is 5.52. The van der Waals surface area contributed by atoms with Gasteiger partial charge in [-0.1, -0.05) is 24.3 Å². The number of aromatic nitrogens is 1. The molecule has 0 radical (unpaired) electrons. The largest absolute Gasteiger partial charge is 0.481 e. The van der Waals surface area contributed by atoms with E-state index < -0.39 is 5.97 Å². The molecule has 4 nitrogen and oxygen atoms in total. The lowest BCUT2D eigenvalue weighted by atomic mass is 10.1. The SMILES string of the molecule is O=C(O)CCNCc1cccc2cccnc12. The highest BCUT2D eigenvalue weighted by molar-refractivity contribution is 5.81. The van der Waals surface area contributed by atoms with Gasteiger partial charge in [0.25, 0.3) is 0 Å². The molecule has 0 aliphatic carbocycles. The van der Waals surface area contributed by atoms with Crippen LogP contribution in [0.25, 0.3) is 10.9 Å². The summed E-state index contributed by atoms with van der Waals surface area (Å²) in [5, 5.41) is 12.7. The van der Waals surface area contributed by atoms with Crippen molar-refractivity contribution < 1.29 is 9.90 Å². The third kappa shape index (κ3) is 3.01. The number of carboxylic acids is 1. The van der Waals surface area contributed by atoms with E-state index in [1.54, 1.807) is 6.20 Å². The second kappa shape index (κ2) is 5.41. The number of benzene rings is 1. The van der Waals surface area contributed by atoms with E-state index in [1.807, 2.05) is 30.3 Å². The predicted octanol–water partition coefficient (Wildman–Crippen LogP) is 1.80. The molecule has 0 bridgehead atoms. The third-order valence-electron chi connectivity index (χ3n) is 2.55. The average molecular weight is 230 g/mol. The number of hydrogen-bond acceptors (Lipinski definition) is 3. The van der Waals surface area contributed by atoms with Gasteiger partial charge in [-0.2, -0.15) is 0 Å². The van der Waals surface area contributed by atoms with Gasteiger partial charge < -0.3 is 10.4 Å². The lowest BCUT2D eigenvalue weighted by Crippen LogP contribution is -2.17. The molecule has 0 saturated heterocycles. The number of fused-ring (bicyclic) bond motifs is 1. The van der Waals surface area contributed by atoms with Crippen molar-refractivity contribution in [3.63, 3.8) is 0 Å². The van der Waals surface area contributed by atoms with E-state index in [2.05, 4.69) is 10.3 Å². The van der Waals surface area contributed by atoms with E-state index in [4.69, 9.17) is 5.11 Å². The third-order valence-corrected chi connectivity index (χ3v) is 2.55. The molecule has 0 aliphatic rings. The molecule has 0 fully saturated rings. The summed E-state index contributed by atoms with van der Waals surface area (Å²) < 4.78 is 0.